The summed E-state index contributed by atoms with van der Waals surface area (Å²) in [7, 11) is 0. The van der Waals surface area contributed by atoms with Gasteiger partial charge in [-0.15, -0.1) is 5.10 Å². The van der Waals surface area contributed by atoms with Crippen molar-refractivity contribution in [2.75, 3.05) is 5.32 Å². The van der Waals surface area contributed by atoms with Gasteiger partial charge in [-0.1, -0.05) is 16.6 Å². The molecule has 4 nitrogen and oxygen atoms in total. The molecule has 0 radical (unpaired) electrons. The molecule has 84 valence electrons. The van der Waals surface area contributed by atoms with Gasteiger partial charge < -0.3 is 10.4 Å². The average molecular weight is 235 g/mol. The Labute approximate surface area is 98.1 Å². The minimum Gasteiger partial charge on any atom is -0.507 e. The molecule has 0 amide bonds. The number of aromatic hydroxyl groups is 1. The van der Waals surface area contributed by atoms with Gasteiger partial charge >= 0.3 is 0 Å². The Kier molecular flexibility index (Phi) is 3.05. The Hall–Kier alpha value is -1.62. The molecule has 2 rings (SSSR count). The Morgan fingerprint density at radius 2 is 2.00 bits per heavy atom. The fourth-order valence-corrected chi connectivity index (χ4v) is 2.00. The van der Waals surface area contributed by atoms with E-state index in [1.807, 2.05) is 26.0 Å². The van der Waals surface area contributed by atoms with Crippen LogP contribution in [0, 0.1) is 13.8 Å². The van der Waals surface area contributed by atoms with Crippen LogP contribution in [0.2, 0.25) is 0 Å². The summed E-state index contributed by atoms with van der Waals surface area (Å²) in [5, 5.41) is 17.6. The molecule has 0 aliphatic heterocycles. The first-order chi connectivity index (χ1) is 7.66. The van der Waals surface area contributed by atoms with Gasteiger partial charge in [0.05, 0.1) is 6.20 Å². The largest absolute Gasteiger partial charge is 0.507 e. The molecule has 0 atom stereocenters. The highest BCUT2D eigenvalue weighted by Gasteiger charge is 2.03. The lowest BCUT2D eigenvalue weighted by Gasteiger charge is -2.08. The third-order valence-electron chi connectivity index (χ3n) is 2.38. The van der Waals surface area contributed by atoms with Gasteiger partial charge in [-0.05, 0) is 30.5 Å². The third-order valence-corrected chi connectivity index (χ3v) is 3.00. The highest BCUT2D eigenvalue weighted by atomic mass is 32.1. The van der Waals surface area contributed by atoms with E-state index in [1.54, 1.807) is 6.20 Å². The molecule has 1 aromatic carbocycles. The van der Waals surface area contributed by atoms with Crippen molar-refractivity contribution in [2.24, 2.45) is 0 Å². The summed E-state index contributed by atoms with van der Waals surface area (Å²) >= 11 is 1.33. The van der Waals surface area contributed by atoms with Gasteiger partial charge in [0.15, 0.2) is 0 Å². The van der Waals surface area contributed by atoms with Crippen molar-refractivity contribution in [1.29, 1.82) is 0 Å². The molecular formula is C11H13N3OS. The minimum atomic E-state index is 0.378. The van der Waals surface area contributed by atoms with Crippen LogP contribution in [0.4, 0.5) is 5.00 Å². The number of phenols is 1. The number of benzene rings is 1. The molecule has 0 aliphatic carbocycles. The number of phenolic OH excluding ortho intramolecular Hbond substituents is 1. The first-order valence-electron chi connectivity index (χ1n) is 4.97. The van der Waals surface area contributed by atoms with Gasteiger partial charge in [-0.25, -0.2) is 0 Å². The topological polar surface area (TPSA) is 58.0 Å². The quantitative estimate of drug-likeness (QED) is 0.858. The van der Waals surface area contributed by atoms with Crippen LogP contribution in [0.5, 0.6) is 5.75 Å². The summed E-state index contributed by atoms with van der Waals surface area (Å²) < 4.78 is 3.77. The fourth-order valence-electron chi connectivity index (χ4n) is 1.58. The summed E-state index contributed by atoms with van der Waals surface area (Å²) in [5.74, 6) is 0.378. The number of hydrogen-bond donors (Lipinski definition) is 2. The molecule has 2 N–H and O–H groups in total. The van der Waals surface area contributed by atoms with Gasteiger partial charge in [0.2, 0.25) is 0 Å². The number of nitrogens with zero attached hydrogens (tertiary/aromatic N) is 2. The minimum absolute atomic E-state index is 0.378. The van der Waals surface area contributed by atoms with Crippen LogP contribution < -0.4 is 5.32 Å². The van der Waals surface area contributed by atoms with Crippen LogP contribution in [-0.4, -0.2) is 14.7 Å². The highest BCUT2D eigenvalue weighted by molar-refractivity contribution is 7.09. The zero-order chi connectivity index (χ0) is 11.5. The van der Waals surface area contributed by atoms with E-state index in [0.29, 0.717) is 12.3 Å². The van der Waals surface area contributed by atoms with Crippen molar-refractivity contribution in [1.82, 2.24) is 9.59 Å². The maximum Gasteiger partial charge on any atom is 0.130 e. The molecule has 5 heteroatoms. The van der Waals surface area contributed by atoms with E-state index >= 15 is 0 Å². The normalized spacial score (nSPS) is 10.4. The van der Waals surface area contributed by atoms with Crippen LogP contribution in [0.15, 0.2) is 18.3 Å². The molecule has 0 aliphatic rings. The average Bonchev–Trinajstić information content (AvgIpc) is 2.75. The lowest BCUT2D eigenvalue weighted by atomic mass is 10.1. The zero-order valence-electron chi connectivity index (χ0n) is 9.19. The predicted molar refractivity (Wildman–Crippen MR) is 64.8 cm³/mol. The lowest BCUT2D eigenvalue weighted by molar-refractivity contribution is 0.466. The molecule has 2 aromatic rings. The fraction of sp³-hybridized carbons (Fsp3) is 0.273. The second kappa shape index (κ2) is 4.49. The van der Waals surface area contributed by atoms with E-state index in [2.05, 4.69) is 14.9 Å². The molecule has 1 aromatic heterocycles. The molecular weight excluding hydrogens is 222 g/mol. The van der Waals surface area contributed by atoms with Crippen molar-refractivity contribution < 1.29 is 5.11 Å². The van der Waals surface area contributed by atoms with Crippen molar-refractivity contribution >= 4 is 16.5 Å². The van der Waals surface area contributed by atoms with Gasteiger partial charge in [-0.2, -0.15) is 0 Å². The maximum absolute atomic E-state index is 9.64. The molecule has 1 heterocycles. The number of hydrogen-bond acceptors (Lipinski definition) is 5. The van der Waals surface area contributed by atoms with Crippen molar-refractivity contribution in [3.05, 3.63) is 35.0 Å². The van der Waals surface area contributed by atoms with Gasteiger partial charge in [0.1, 0.15) is 10.8 Å². The Morgan fingerprint density at radius 1 is 1.31 bits per heavy atom. The number of aryl methyl sites for hydroxylation is 2. The molecule has 0 saturated heterocycles. The van der Waals surface area contributed by atoms with Crippen LogP contribution in [0.25, 0.3) is 0 Å². The van der Waals surface area contributed by atoms with Crippen molar-refractivity contribution in [3.63, 3.8) is 0 Å². The SMILES string of the molecule is Cc1cc(CNc2cnns2)cc(C)c1O. The summed E-state index contributed by atoms with van der Waals surface area (Å²) in [6.07, 6.45) is 1.70. The number of aromatic nitrogens is 2. The maximum atomic E-state index is 9.64. The highest BCUT2D eigenvalue weighted by Crippen LogP contribution is 2.23. The second-order valence-corrected chi connectivity index (χ2v) is 4.50. The molecule has 0 spiro atoms. The Morgan fingerprint density at radius 3 is 2.56 bits per heavy atom. The smallest absolute Gasteiger partial charge is 0.130 e. The molecule has 16 heavy (non-hydrogen) atoms. The standard InChI is InChI=1S/C11H13N3OS/c1-7-3-9(4-8(2)11(7)15)5-12-10-6-13-14-16-10/h3-4,6,12,15H,5H2,1-2H3. The summed E-state index contributed by atoms with van der Waals surface area (Å²) in [4.78, 5) is 0. The summed E-state index contributed by atoms with van der Waals surface area (Å²) in [5.41, 5.74) is 2.94. The first-order valence-corrected chi connectivity index (χ1v) is 5.74. The van der Waals surface area contributed by atoms with Crippen molar-refractivity contribution in [3.8, 4) is 5.75 Å². The third kappa shape index (κ3) is 2.30. The molecule has 0 bridgehead atoms. The lowest BCUT2D eigenvalue weighted by Crippen LogP contribution is -1.98. The van der Waals surface area contributed by atoms with Crippen LogP contribution in [0.1, 0.15) is 16.7 Å². The summed E-state index contributed by atoms with van der Waals surface area (Å²) in [6.45, 7) is 4.52. The monoisotopic (exact) mass is 235 g/mol. The first kappa shape index (κ1) is 10.9. The van der Waals surface area contributed by atoms with E-state index in [1.165, 1.54) is 11.5 Å². The second-order valence-electron chi connectivity index (χ2n) is 3.71. The molecule has 0 fully saturated rings. The Bertz CT molecular complexity index is 459. The van der Waals surface area contributed by atoms with Gasteiger partial charge in [-0.3, -0.25) is 0 Å². The summed E-state index contributed by atoms with van der Waals surface area (Å²) in [6, 6.07) is 3.95. The van der Waals surface area contributed by atoms with E-state index in [4.69, 9.17) is 0 Å². The van der Waals surface area contributed by atoms with Gasteiger partial charge in [0.25, 0.3) is 0 Å². The predicted octanol–water partition coefficient (Wildman–Crippen LogP) is 2.47. The number of anilines is 1. The van der Waals surface area contributed by atoms with E-state index < -0.39 is 0 Å². The zero-order valence-corrected chi connectivity index (χ0v) is 10.0. The molecule has 0 unspecified atom stereocenters. The van der Waals surface area contributed by atoms with Crippen LogP contribution >= 0.6 is 11.5 Å². The van der Waals surface area contributed by atoms with E-state index in [-0.39, 0.29) is 0 Å². The van der Waals surface area contributed by atoms with Gasteiger partial charge in [0, 0.05) is 18.1 Å². The van der Waals surface area contributed by atoms with E-state index in [0.717, 1.165) is 21.7 Å². The van der Waals surface area contributed by atoms with Crippen LogP contribution in [-0.2, 0) is 6.54 Å². The van der Waals surface area contributed by atoms with Crippen LogP contribution in [0.3, 0.4) is 0 Å². The molecule has 0 saturated carbocycles. The number of rotatable bonds is 3. The van der Waals surface area contributed by atoms with Crippen molar-refractivity contribution in [2.45, 2.75) is 20.4 Å². The van der Waals surface area contributed by atoms with E-state index in [9.17, 15) is 5.11 Å². The number of nitrogens with one attached hydrogen (secondary N) is 1. The Balaban J connectivity index is 2.10.